The van der Waals surface area contributed by atoms with Crippen molar-refractivity contribution in [1.29, 1.82) is 0 Å². The number of aromatic nitrogens is 2. The van der Waals surface area contributed by atoms with E-state index in [4.69, 9.17) is 11.6 Å². The minimum atomic E-state index is -0.247. The van der Waals surface area contributed by atoms with Gasteiger partial charge in [0.2, 0.25) is 5.95 Å². The van der Waals surface area contributed by atoms with Crippen molar-refractivity contribution >= 4 is 23.5 Å². The van der Waals surface area contributed by atoms with E-state index < -0.39 is 0 Å². The standard InChI is InChI=1S/C22H28ClN5O/c1-22(2,28-12-9-16-7-3-4-8-17(16)14-28)15-25-20(29)19-18(23)13-24-21(26-19)27-10-5-6-11-27/h3-4,7-8,13H,5-6,9-12,14-15H2,1-2H3,(H,25,29). The van der Waals surface area contributed by atoms with E-state index in [1.165, 1.54) is 17.3 Å². The third kappa shape index (κ3) is 4.38. The lowest BCUT2D eigenvalue weighted by molar-refractivity contribution is 0.0822. The summed E-state index contributed by atoms with van der Waals surface area (Å²) in [6, 6.07) is 8.58. The van der Waals surface area contributed by atoms with Crippen molar-refractivity contribution in [2.45, 2.75) is 45.2 Å². The number of nitrogens with zero attached hydrogens (tertiary/aromatic N) is 4. The maximum atomic E-state index is 12.8. The second-order valence-electron chi connectivity index (χ2n) is 8.50. The minimum Gasteiger partial charge on any atom is -0.349 e. The van der Waals surface area contributed by atoms with E-state index in [-0.39, 0.29) is 22.2 Å². The summed E-state index contributed by atoms with van der Waals surface area (Å²) in [4.78, 5) is 26.1. The minimum absolute atomic E-state index is 0.180. The molecule has 2 aliphatic rings. The fraction of sp³-hybridized carbons (Fsp3) is 0.500. The number of halogens is 1. The van der Waals surface area contributed by atoms with Crippen molar-refractivity contribution in [3.63, 3.8) is 0 Å². The Hall–Kier alpha value is -2.18. The lowest BCUT2D eigenvalue weighted by Gasteiger charge is -2.41. The molecule has 1 aromatic carbocycles. The van der Waals surface area contributed by atoms with Gasteiger partial charge >= 0.3 is 0 Å². The van der Waals surface area contributed by atoms with Gasteiger partial charge in [-0.2, -0.15) is 0 Å². The molecule has 0 atom stereocenters. The van der Waals surface area contributed by atoms with E-state index in [0.29, 0.717) is 12.5 Å². The Bertz CT molecular complexity index is 895. The molecule has 1 aromatic heterocycles. The Balaban J connectivity index is 1.42. The number of anilines is 1. The Morgan fingerprint density at radius 2 is 1.90 bits per heavy atom. The van der Waals surface area contributed by atoms with Gasteiger partial charge in [-0.3, -0.25) is 9.69 Å². The van der Waals surface area contributed by atoms with E-state index in [0.717, 1.165) is 45.4 Å². The van der Waals surface area contributed by atoms with Crippen LogP contribution in [0.15, 0.2) is 30.5 Å². The predicted molar refractivity (Wildman–Crippen MR) is 115 cm³/mol. The van der Waals surface area contributed by atoms with Crippen LogP contribution in [-0.2, 0) is 13.0 Å². The zero-order valence-electron chi connectivity index (χ0n) is 17.1. The summed E-state index contributed by atoms with van der Waals surface area (Å²) in [6.45, 7) is 8.57. The van der Waals surface area contributed by atoms with E-state index >= 15 is 0 Å². The van der Waals surface area contributed by atoms with Gasteiger partial charge in [-0.25, -0.2) is 9.97 Å². The molecule has 0 unspecified atom stereocenters. The molecule has 2 aromatic rings. The lowest BCUT2D eigenvalue weighted by Crippen LogP contribution is -2.53. The summed E-state index contributed by atoms with van der Waals surface area (Å²) in [6.07, 6.45) is 4.82. The van der Waals surface area contributed by atoms with Crippen molar-refractivity contribution < 1.29 is 4.79 Å². The molecule has 0 aliphatic carbocycles. The Morgan fingerprint density at radius 1 is 1.17 bits per heavy atom. The van der Waals surface area contributed by atoms with Crippen LogP contribution in [0.5, 0.6) is 0 Å². The molecule has 154 valence electrons. The molecular formula is C22H28ClN5O. The van der Waals surface area contributed by atoms with Crippen LogP contribution in [0.4, 0.5) is 5.95 Å². The molecule has 2 aliphatic heterocycles. The zero-order chi connectivity index (χ0) is 20.4. The largest absolute Gasteiger partial charge is 0.349 e. The SMILES string of the molecule is CC(C)(CNC(=O)c1nc(N2CCCC2)ncc1Cl)N1CCc2ccccc2C1. The summed E-state index contributed by atoms with van der Waals surface area (Å²) >= 11 is 6.24. The summed E-state index contributed by atoms with van der Waals surface area (Å²) in [5.74, 6) is 0.340. The Labute approximate surface area is 177 Å². The molecule has 29 heavy (non-hydrogen) atoms. The molecule has 0 spiro atoms. The van der Waals surface area contributed by atoms with Crippen LogP contribution in [-0.4, -0.2) is 52.5 Å². The van der Waals surface area contributed by atoms with Gasteiger partial charge in [0.1, 0.15) is 0 Å². The van der Waals surface area contributed by atoms with Crippen LogP contribution < -0.4 is 10.2 Å². The van der Waals surface area contributed by atoms with Crippen LogP contribution in [0.25, 0.3) is 0 Å². The van der Waals surface area contributed by atoms with Crippen molar-refractivity contribution in [3.8, 4) is 0 Å². The van der Waals surface area contributed by atoms with Gasteiger partial charge in [0.25, 0.3) is 5.91 Å². The summed E-state index contributed by atoms with van der Waals surface area (Å²) in [5, 5.41) is 3.33. The van der Waals surface area contributed by atoms with E-state index in [1.807, 2.05) is 0 Å². The highest BCUT2D eigenvalue weighted by Crippen LogP contribution is 2.25. The van der Waals surface area contributed by atoms with E-state index in [2.05, 4.69) is 63.2 Å². The van der Waals surface area contributed by atoms with Gasteiger partial charge in [0.15, 0.2) is 5.69 Å². The maximum absolute atomic E-state index is 12.8. The third-order valence-electron chi connectivity index (χ3n) is 6.00. The number of amides is 1. The highest BCUT2D eigenvalue weighted by Gasteiger charge is 2.30. The molecule has 0 saturated carbocycles. The van der Waals surface area contributed by atoms with Gasteiger partial charge in [0, 0.05) is 38.3 Å². The lowest BCUT2D eigenvalue weighted by atomic mass is 9.94. The smallest absolute Gasteiger partial charge is 0.271 e. The number of hydrogen-bond donors (Lipinski definition) is 1. The van der Waals surface area contributed by atoms with Crippen LogP contribution in [0, 0.1) is 0 Å². The molecule has 4 rings (SSSR count). The van der Waals surface area contributed by atoms with Crippen LogP contribution in [0.2, 0.25) is 5.02 Å². The second-order valence-corrected chi connectivity index (χ2v) is 8.90. The molecule has 1 amide bonds. The molecule has 7 heteroatoms. The first-order chi connectivity index (χ1) is 13.9. The zero-order valence-corrected chi connectivity index (χ0v) is 17.9. The number of carbonyl (C=O) groups excluding carboxylic acids is 1. The first-order valence-electron chi connectivity index (χ1n) is 10.3. The van der Waals surface area contributed by atoms with Crippen molar-refractivity contribution in [2.75, 3.05) is 31.1 Å². The predicted octanol–water partition coefficient (Wildman–Crippen LogP) is 3.30. The quantitative estimate of drug-likeness (QED) is 0.814. The number of rotatable bonds is 5. The molecule has 6 nitrogen and oxygen atoms in total. The van der Waals surface area contributed by atoms with Crippen LogP contribution >= 0.6 is 11.6 Å². The summed E-state index contributed by atoms with van der Waals surface area (Å²) in [7, 11) is 0. The number of carbonyl (C=O) groups is 1. The average Bonchev–Trinajstić information content (AvgIpc) is 3.27. The monoisotopic (exact) mass is 413 g/mol. The van der Waals surface area contributed by atoms with Gasteiger partial charge in [-0.1, -0.05) is 35.9 Å². The number of nitrogens with one attached hydrogen (secondary N) is 1. The van der Waals surface area contributed by atoms with Gasteiger partial charge in [-0.15, -0.1) is 0 Å². The Kier molecular flexibility index (Phi) is 5.74. The van der Waals surface area contributed by atoms with Crippen LogP contribution in [0.1, 0.15) is 48.3 Å². The van der Waals surface area contributed by atoms with E-state index in [9.17, 15) is 4.79 Å². The fourth-order valence-corrected chi connectivity index (χ4v) is 4.27. The average molecular weight is 414 g/mol. The van der Waals surface area contributed by atoms with Crippen molar-refractivity contribution in [3.05, 3.63) is 52.3 Å². The van der Waals surface area contributed by atoms with E-state index in [1.54, 1.807) is 0 Å². The maximum Gasteiger partial charge on any atom is 0.271 e. The third-order valence-corrected chi connectivity index (χ3v) is 6.28. The molecule has 1 fully saturated rings. The molecule has 1 saturated heterocycles. The molecule has 1 N–H and O–H groups in total. The van der Waals surface area contributed by atoms with Crippen LogP contribution in [0.3, 0.4) is 0 Å². The van der Waals surface area contributed by atoms with Gasteiger partial charge in [-0.05, 0) is 44.2 Å². The summed E-state index contributed by atoms with van der Waals surface area (Å²) < 4.78 is 0. The first-order valence-corrected chi connectivity index (χ1v) is 10.7. The first kappa shape index (κ1) is 20.1. The van der Waals surface area contributed by atoms with Gasteiger partial charge < -0.3 is 10.2 Å². The molecule has 0 radical (unpaired) electrons. The topological polar surface area (TPSA) is 61.4 Å². The molecule has 0 bridgehead atoms. The summed E-state index contributed by atoms with van der Waals surface area (Å²) in [5.41, 5.74) is 2.86. The normalized spacial score (nSPS) is 17.3. The molecular weight excluding hydrogens is 386 g/mol. The Morgan fingerprint density at radius 3 is 2.66 bits per heavy atom. The number of hydrogen-bond acceptors (Lipinski definition) is 5. The van der Waals surface area contributed by atoms with Crippen molar-refractivity contribution in [1.82, 2.24) is 20.2 Å². The second kappa shape index (κ2) is 8.28. The van der Waals surface area contributed by atoms with Gasteiger partial charge in [0.05, 0.1) is 11.2 Å². The molecule has 3 heterocycles. The highest BCUT2D eigenvalue weighted by molar-refractivity contribution is 6.33. The fourth-order valence-electron chi connectivity index (χ4n) is 4.09. The highest BCUT2D eigenvalue weighted by atomic mass is 35.5. The number of fused-ring (bicyclic) bond motifs is 1. The number of benzene rings is 1. The van der Waals surface area contributed by atoms with Crippen molar-refractivity contribution in [2.24, 2.45) is 0 Å².